The Morgan fingerprint density at radius 3 is 2.69 bits per heavy atom. The van der Waals surface area contributed by atoms with Crippen molar-refractivity contribution in [3.8, 4) is 0 Å². The van der Waals surface area contributed by atoms with Crippen molar-refractivity contribution in [2.45, 2.75) is 6.92 Å². The van der Waals surface area contributed by atoms with Crippen LogP contribution in [-0.2, 0) is 4.79 Å². The molecule has 1 amide bonds. The van der Waals surface area contributed by atoms with E-state index in [4.69, 9.17) is 16.7 Å². The summed E-state index contributed by atoms with van der Waals surface area (Å²) in [6.07, 6.45) is 2.47. The molecule has 0 spiro atoms. The van der Waals surface area contributed by atoms with Crippen LogP contribution in [0.1, 0.15) is 17.4 Å². The van der Waals surface area contributed by atoms with Crippen LogP contribution in [0.25, 0.3) is 0 Å². The summed E-state index contributed by atoms with van der Waals surface area (Å²) in [5, 5.41) is 11.2. The van der Waals surface area contributed by atoms with E-state index in [2.05, 4.69) is 15.3 Å². The second-order valence-corrected chi connectivity index (χ2v) is 3.56. The lowest BCUT2D eigenvalue weighted by atomic mass is 10.2. The first-order chi connectivity index (χ1) is 7.50. The molecule has 16 heavy (non-hydrogen) atoms. The van der Waals surface area contributed by atoms with Gasteiger partial charge in [-0.25, -0.2) is 9.97 Å². The molecule has 1 atom stereocenters. The second-order valence-electron chi connectivity index (χ2n) is 3.17. The Labute approximate surface area is 96.7 Å². The van der Waals surface area contributed by atoms with E-state index < -0.39 is 17.8 Å². The molecule has 0 saturated carbocycles. The molecule has 0 aliphatic carbocycles. The highest BCUT2D eigenvalue weighted by Gasteiger charge is 2.13. The van der Waals surface area contributed by atoms with Crippen LogP contribution >= 0.6 is 11.6 Å². The normalized spacial score (nSPS) is 11.9. The van der Waals surface area contributed by atoms with E-state index in [1.165, 1.54) is 19.3 Å². The number of carboxylic acids is 1. The zero-order valence-electron chi connectivity index (χ0n) is 8.48. The number of nitrogens with zero attached hydrogens (tertiary/aromatic N) is 2. The molecule has 0 bridgehead atoms. The third kappa shape index (κ3) is 3.47. The molecule has 86 valence electrons. The van der Waals surface area contributed by atoms with E-state index in [1.807, 2.05) is 0 Å². The monoisotopic (exact) mass is 243 g/mol. The quantitative estimate of drug-likeness (QED) is 0.807. The minimum Gasteiger partial charge on any atom is -0.481 e. The lowest BCUT2D eigenvalue weighted by Gasteiger charge is -2.07. The van der Waals surface area contributed by atoms with Gasteiger partial charge in [0.2, 0.25) is 0 Å². The van der Waals surface area contributed by atoms with Crippen LogP contribution in [-0.4, -0.2) is 33.5 Å². The first-order valence-electron chi connectivity index (χ1n) is 4.49. The molecule has 0 saturated heterocycles. The summed E-state index contributed by atoms with van der Waals surface area (Å²) in [5.74, 6) is -2.09. The van der Waals surface area contributed by atoms with Gasteiger partial charge in [-0.3, -0.25) is 9.59 Å². The number of aliphatic carboxylic acids is 1. The maximum absolute atomic E-state index is 11.4. The van der Waals surface area contributed by atoms with Gasteiger partial charge in [0, 0.05) is 6.54 Å². The lowest BCUT2D eigenvalue weighted by molar-refractivity contribution is -0.140. The van der Waals surface area contributed by atoms with Crippen LogP contribution in [0.15, 0.2) is 12.4 Å². The lowest BCUT2D eigenvalue weighted by Crippen LogP contribution is -2.32. The molecule has 1 heterocycles. The Balaban J connectivity index is 2.53. The molecule has 1 aromatic heterocycles. The fraction of sp³-hybridized carbons (Fsp3) is 0.333. The molecule has 0 fully saturated rings. The second kappa shape index (κ2) is 5.41. The largest absolute Gasteiger partial charge is 0.481 e. The van der Waals surface area contributed by atoms with E-state index in [0.717, 1.165) is 0 Å². The number of amides is 1. The van der Waals surface area contributed by atoms with Gasteiger partial charge in [-0.05, 0) is 0 Å². The first-order valence-corrected chi connectivity index (χ1v) is 4.87. The maximum Gasteiger partial charge on any atom is 0.308 e. The Morgan fingerprint density at radius 1 is 1.50 bits per heavy atom. The Bertz CT molecular complexity index is 393. The molecule has 0 aliphatic rings. The molecule has 0 radical (unpaired) electrons. The molecule has 0 aliphatic heterocycles. The third-order valence-electron chi connectivity index (χ3n) is 1.84. The SMILES string of the molecule is CC(CNC(=O)c1cnc(Cl)cn1)C(=O)O. The number of carbonyl (C=O) groups excluding carboxylic acids is 1. The van der Waals surface area contributed by atoms with Crippen LogP contribution in [0.5, 0.6) is 0 Å². The number of rotatable bonds is 4. The fourth-order valence-electron chi connectivity index (χ4n) is 0.853. The van der Waals surface area contributed by atoms with E-state index in [9.17, 15) is 9.59 Å². The van der Waals surface area contributed by atoms with E-state index in [0.29, 0.717) is 0 Å². The van der Waals surface area contributed by atoms with Crippen molar-refractivity contribution >= 4 is 23.5 Å². The molecule has 7 heteroatoms. The molecule has 1 rings (SSSR count). The third-order valence-corrected chi connectivity index (χ3v) is 2.04. The van der Waals surface area contributed by atoms with Gasteiger partial charge in [0.05, 0.1) is 18.3 Å². The van der Waals surface area contributed by atoms with Gasteiger partial charge in [-0.2, -0.15) is 0 Å². The van der Waals surface area contributed by atoms with Gasteiger partial charge in [0.15, 0.2) is 0 Å². The smallest absolute Gasteiger partial charge is 0.308 e. The van der Waals surface area contributed by atoms with Crippen molar-refractivity contribution in [1.29, 1.82) is 0 Å². The van der Waals surface area contributed by atoms with E-state index in [-0.39, 0.29) is 17.4 Å². The average molecular weight is 244 g/mol. The number of hydrogen-bond acceptors (Lipinski definition) is 4. The molecule has 2 N–H and O–H groups in total. The number of aromatic nitrogens is 2. The number of hydrogen-bond donors (Lipinski definition) is 2. The summed E-state index contributed by atoms with van der Waals surface area (Å²) >= 11 is 5.50. The van der Waals surface area contributed by atoms with Crippen molar-refractivity contribution in [3.63, 3.8) is 0 Å². The van der Waals surface area contributed by atoms with Crippen molar-refractivity contribution in [3.05, 3.63) is 23.2 Å². The summed E-state index contributed by atoms with van der Waals surface area (Å²) in [4.78, 5) is 29.4. The average Bonchev–Trinajstić information content (AvgIpc) is 2.26. The highest BCUT2D eigenvalue weighted by atomic mass is 35.5. The zero-order chi connectivity index (χ0) is 12.1. The van der Waals surface area contributed by atoms with Crippen LogP contribution in [0.4, 0.5) is 0 Å². The molecule has 0 aromatic carbocycles. The van der Waals surface area contributed by atoms with Gasteiger partial charge in [0.25, 0.3) is 5.91 Å². The van der Waals surface area contributed by atoms with Gasteiger partial charge >= 0.3 is 5.97 Å². The highest BCUT2D eigenvalue weighted by Crippen LogP contribution is 2.01. The van der Waals surface area contributed by atoms with Crippen LogP contribution in [0.2, 0.25) is 5.15 Å². The van der Waals surface area contributed by atoms with Gasteiger partial charge < -0.3 is 10.4 Å². The van der Waals surface area contributed by atoms with Gasteiger partial charge in [-0.1, -0.05) is 18.5 Å². The summed E-state index contributed by atoms with van der Waals surface area (Å²) < 4.78 is 0. The van der Waals surface area contributed by atoms with Crippen LogP contribution < -0.4 is 5.32 Å². The van der Waals surface area contributed by atoms with Gasteiger partial charge in [0.1, 0.15) is 10.8 Å². The minimum atomic E-state index is -0.970. The summed E-state index contributed by atoms with van der Waals surface area (Å²) in [7, 11) is 0. The highest BCUT2D eigenvalue weighted by molar-refractivity contribution is 6.29. The molecule has 1 aromatic rings. The van der Waals surface area contributed by atoms with E-state index >= 15 is 0 Å². The van der Waals surface area contributed by atoms with Crippen LogP contribution in [0, 0.1) is 5.92 Å². The molecule has 6 nitrogen and oxygen atoms in total. The topological polar surface area (TPSA) is 92.2 Å². The van der Waals surface area contributed by atoms with E-state index in [1.54, 1.807) is 0 Å². The minimum absolute atomic E-state index is 0.0402. The Morgan fingerprint density at radius 2 is 2.19 bits per heavy atom. The summed E-state index contributed by atoms with van der Waals surface area (Å²) in [6, 6.07) is 0. The number of carbonyl (C=O) groups is 2. The Hall–Kier alpha value is -1.69. The Kier molecular flexibility index (Phi) is 4.19. The van der Waals surface area contributed by atoms with Crippen molar-refractivity contribution < 1.29 is 14.7 Å². The molecular weight excluding hydrogens is 234 g/mol. The molecule has 1 unspecified atom stereocenters. The van der Waals surface area contributed by atoms with Crippen molar-refractivity contribution in [2.75, 3.05) is 6.54 Å². The molecular formula is C9H10ClN3O3. The zero-order valence-corrected chi connectivity index (χ0v) is 9.23. The van der Waals surface area contributed by atoms with Gasteiger partial charge in [-0.15, -0.1) is 0 Å². The predicted octanol–water partition coefficient (Wildman–Crippen LogP) is 0.580. The maximum atomic E-state index is 11.4. The number of nitrogens with one attached hydrogen (secondary N) is 1. The fourth-order valence-corrected chi connectivity index (χ4v) is 0.951. The number of halogens is 1. The first kappa shape index (κ1) is 12.4. The summed E-state index contributed by atoms with van der Waals surface area (Å²) in [5.41, 5.74) is 0.0991. The predicted molar refractivity (Wildman–Crippen MR) is 56.2 cm³/mol. The van der Waals surface area contributed by atoms with Crippen molar-refractivity contribution in [2.24, 2.45) is 5.92 Å². The van der Waals surface area contributed by atoms with Crippen LogP contribution in [0.3, 0.4) is 0 Å². The summed E-state index contributed by atoms with van der Waals surface area (Å²) in [6.45, 7) is 1.54. The number of carboxylic acid groups (broad SMARTS) is 1. The standard InChI is InChI=1S/C9H10ClN3O3/c1-5(9(15)16)2-13-8(14)6-3-12-7(10)4-11-6/h3-5H,2H2,1H3,(H,13,14)(H,15,16). The van der Waals surface area contributed by atoms with Crippen molar-refractivity contribution in [1.82, 2.24) is 15.3 Å².